The highest BCUT2D eigenvalue weighted by Gasteiger charge is 2.52. The van der Waals surface area contributed by atoms with Crippen LogP contribution in [0.1, 0.15) is 68.2 Å². The summed E-state index contributed by atoms with van der Waals surface area (Å²) in [4.78, 5) is 36.6. The zero-order chi connectivity index (χ0) is 69.4. The zero-order valence-electron chi connectivity index (χ0n) is 58.7. The third-order valence-corrected chi connectivity index (χ3v) is 21.8. The molecule has 0 aromatic carbocycles. The van der Waals surface area contributed by atoms with Crippen molar-refractivity contribution in [3.05, 3.63) is 122 Å². The van der Waals surface area contributed by atoms with Gasteiger partial charge >= 0.3 is 7.12 Å². The Kier molecular flexibility index (Phi) is 27.8. The van der Waals surface area contributed by atoms with E-state index in [0.29, 0.717) is 43.7 Å². The molecule has 524 valence electrons. The largest absolute Gasteiger partial charge is 0.498 e. The third kappa shape index (κ3) is 21.8. The van der Waals surface area contributed by atoms with Crippen molar-refractivity contribution >= 4 is 104 Å². The van der Waals surface area contributed by atoms with E-state index in [9.17, 15) is 0 Å². The van der Waals surface area contributed by atoms with Crippen LogP contribution in [0, 0.1) is 0 Å². The molecule has 0 saturated carbocycles. The molecule has 2 atom stereocenters. The molecule has 2 N–H and O–H groups in total. The number of hydrogen-bond acceptors (Lipinski definition) is 18. The Morgan fingerprint density at radius 2 is 1.05 bits per heavy atom. The number of nitrogens with zero attached hydrogens (tertiary/aromatic N) is 16. The summed E-state index contributed by atoms with van der Waals surface area (Å²) < 4.78 is 49.8. The van der Waals surface area contributed by atoms with E-state index >= 15 is 0 Å². The summed E-state index contributed by atoms with van der Waals surface area (Å²) >= 11 is 11.7. The van der Waals surface area contributed by atoms with Gasteiger partial charge in [-0.05, 0) is 90.9 Å². The van der Waals surface area contributed by atoms with Crippen LogP contribution >= 0.6 is 23.2 Å². The van der Waals surface area contributed by atoms with Crippen molar-refractivity contribution in [2.75, 3.05) is 40.1 Å². The van der Waals surface area contributed by atoms with Gasteiger partial charge in [-0.15, -0.1) is 0 Å². The summed E-state index contributed by atoms with van der Waals surface area (Å²) in [7, 11) is -1.82. The van der Waals surface area contributed by atoms with Gasteiger partial charge in [-0.25, -0.2) is 44.6 Å². The Labute approximate surface area is 583 Å². The highest BCUT2D eigenvalue weighted by Crippen LogP contribution is 2.37. The summed E-state index contributed by atoms with van der Waals surface area (Å²) in [6.07, 6.45) is 24.9. The highest BCUT2D eigenvalue weighted by atomic mass is 35.5. The molecule has 0 spiro atoms. The topological polar surface area (TPSA) is 263 Å². The van der Waals surface area contributed by atoms with Crippen molar-refractivity contribution < 1.29 is 33.0 Å². The van der Waals surface area contributed by atoms with E-state index in [0.717, 1.165) is 98.0 Å². The monoisotopic (exact) mass is 1420 g/mol. The average molecular weight is 1420 g/mol. The molecule has 97 heavy (non-hydrogen) atoms. The molecule has 12 rings (SSSR count). The Hall–Kier alpha value is -6.87. The van der Waals surface area contributed by atoms with Crippen LogP contribution in [0.2, 0.25) is 87.4 Å². The molecule has 11 aromatic heterocycles. The van der Waals surface area contributed by atoms with Gasteiger partial charge in [0, 0.05) is 135 Å². The second-order valence-corrected chi connectivity index (χ2v) is 45.6. The number of fused-ring (bicyclic) bond motifs is 4. The molecule has 1 fully saturated rings. The first kappa shape index (κ1) is 77.5. The lowest BCUT2D eigenvalue weighted by atomic mass is 9.82. The summed E-state index contributed by atoms with van der Waals surface area (Å²) in [5.41, 5.74) is 7.35. The summed E-state index contributed by atoms with van der Waals surface area (Å²) in [6.45, 7) is 40.5. The van der Waals surface area contributed by atoms with E-state index in [-0.39, 0.29) is 38.0 Å². The van der Waals surface area contributed by atoms with Crippen LogP contribution in [0.25, 0.3) is 66.6 Å². The van der Waals surface area contributed by atoms with Crippen LogP contribution in [0.5, 0.6) is 0 Å². The summed E-state index contributed by atoms with van der Waals surface area (Å²) in [6, 6.07) is 11.5. The van der Waals surface area contributed by atoms with Crippen LogP contribution in [-0.4, -0.2) is 171 Å². The Balaban J connectivity index is 0.000000175. The van der Waals surface area contributed by atoms with Gasteiger partial charge in [0.1, 0.15) is 84.6 Å². The van der Waals surface area contributed by atoms with Crippen molar-refractivity contribution in [1.82, 2.24) is 88.3 Å². The van der Waals surface area contributed by atoms with Gasteiger partial charge in [0.15, 0.2) is 0 Å². The number of methoxy groups -OCH3 is 1. The molecule has 0 amide bonds. The summed E-state index contributed by atoms with van der Waals surface area (Å²) in [5, 5.41) is 20.3. The van der Waals surface area contributed by atoms with Gasteiger partial charge in [0.2, 0.25) is 0 Å². The Bertz CT molecular complexity index is 4160. The molecule has 1 saturated heterocycles. The maximum atomic E-state index is 5.99. The maximum absolute atomic E-state index is 5.99. The van der Waals surface area contributed by atoms with Crippen LogP contribution in [0.4, 0.5) is 0 Å². The lowest BCUT2D eigenvalue weighted by Gasteiger charge is -2.32. The SMILES string of the molecule is C.CCOC(C)n1cc(B2OC(C)(C)C(C)(C)O2)cn1.COCC(C)n1cc(-c2ncnc3c2ccn3COCC[Si](C)(C)C)cn1.C[Si](C)(C)CCOCn1ccc2c(-c3cn[nH]c3)ncnc21.C[Si](C)(C)CCOCn1ccc2c(Cl)ncnc21.Clc1ncnc2[nH]ccc12. The van der Waals surface area contributed by atoms with Gasteiger partial charge in [-0.3, -0.25) is 9.78 Å². The van der Waals surface area contributed by atoms with Crippen LogP contribution in [0.15, 0.2) is 112 Å². The lowest BCUT2D eigenvalue weighted by molar-refractivity contribution is 0.00578. The van der Waals surface area contributed by atoms with E-state index in [1.807, 2.05) is 128 Å². The predicted octanol–water partition coefficient (Wildman–Crippen LogP) is 14.3. The average Bonchev–Trinajstić information content (AvgIpc) is 1.64. The quantitative estimate of drug-likeness (QED) is 0.0323. The highest BCUT2D eigenvalue weighted by molar-refractivity contribution is 6.76. The van der Waals surface area contributed by atoms with E-state index in [4.69, 9.17) is 56.2 Å². The maximum Gasteiger partial charge on any atom is 0.498 e. The molecule has 2 unspecified atom stereocenters. The van der Waals surface area contributed by atoms with Crippen molar-refractivity contribution in [2.45, 2.75) is 177 Å². The lowest BCUT2D eigenvalue weighted by Crippen LogP contribution is -2.41. The van der Waals surface area contributed by atoms with Crippen molar-refractivity contribution in [2.24, 2.45) is 0 Å². The number of hydrogen-bond donors (Lipinski definition) is 2. The summed E-state index contributed by atoms with van der Waals surface area (Å²) in [5.74, 6) is 0. The van der Waals surface area contributed by atoms with E-state index in [2.05, 4.69) is 131 Å². The molecule has 11 aromatic rings. The molecular formula is C66H99BCl2N18O7Si3. The molecule has 25 nitrogen and oxygen atoms in total. The smallest absolute Gasteiger partial charge is 0.399 e. The second-order valence-electron chi connectivity index (χ2n) is 28.0. The number of ether oxygens (including phenoxy) is 5. The van der Waals surface area contributed by atoms with E-state index in [1.165, 1.54) is 24.7 Å². The molecule has 0 radical (unpaired) electrons. The van der Waals surface area contributed by atoms with Gasteiger partial charge in [-0.2, -0.15) is 15.3 Å². The normalized spacial score (nSPS) is 14.3. The number of aromatic nitrogens is 18. The van der Waals surface area contributed by atoms with E-state index in [1.54, 1.807) is 43.0 Å². The van der Waals surface area contributed by atoms with Gasteiger partial charge in [-0.1, -0.05) is 89.6 Å². The third-order valence-electron chi connectivity index (χ3n) is 16.0. The first-order chi connectivity index (χ1) is 45.5. The Morgan fingerprint density at radius 3 is 1.54 bits per heavy atom. The first-order valence-corrected chi connectivity index (χ1v) is 44.2. The van der Waals surface area contributed by atoms with Gasteiger partial charge < -0.3 is 51.7 Å². The van der Waals surface area contributed by atoms with E-state index < -0.39 is 24.2 Å². The molecule has 31 heteroatoms. The number of halogens is 2. The first-order valence-electron chi connectivity index (χ1n) is 32.3. The van der Waals surface area contributed by atoms with Crippen LogP contribution in [0.3, 0.4) is 0 Å². The molecule has 12 heterocycles. The van der Waals surface area contributed by atoms with Gasteiger partial charge in [0.25, 0.3) is 0 Å². The molecule has 0 bridgehead atoms. The second kappa shape index (κ2) is 34.8. The number of H-pyrrole nitrogens is 2. The van der Waals surface area contributed by atoms with Gasteiger partial charge in [0.05, 0.1) is 58.4 Å². The minimum absolute atomic E-state index is 0. The van der Waals surface area contributed by atoms with Crippen molar-refractivity contribution in [1.29, 1.82) is 0 Å². The molecule has 0 aliphatic carbocycles. The minimum atomic E-state index is -1.08. The minimum Gasteiger partial charge on any atom is -0.399 e. The zero-order valence-corrected chi connectivity index (χ0v) is 63.2. The molecular weight excluding hydrogens is 1320 g/mol. The standard InChI is InChI=1S/C19H29N5O2Si.C15H21N5OSi.C13H23BN2O3.C12H18ClN3OSi.C6H4ClN3.CH4/c1-15(12-25-2)24-11-16(10-22-24)18-17-6-7-23(19(17)21-13-20-18)14-26-8-9-27(3,4)5;1-22(2,3)7-6-21-11-20-5-4-13-14(12-8-18-19-9-12)16-10-17-15(13)20;1-7-17-10(2)16-9-11(8-15-16)14-18-12(3,4)13(5,6)19-14;1-18(2,3)7-6-17-9-16-5-4-10-11(13)14-8-15-12(10)16;7-5-4-1-2-8-6(4)10-3-9-5;/h6-7,10-11,13,15H,8-9,12,14H2,1-5H3;4-5,8-10H,6-7,11H2,1-3H3,(H,18,19);8-10H,7H2,1-6H3;4-5,8H,6-7,9H2,1-3H3;1-3H,(H,8,9,10);1H4. The fourth-order valence-corrected chi connectivity index (χ4v) is 12.2. The number of aromatic amines is 2. The van der Waals surface area contributed by atoms with Crippen LogP contribution < -0.4 is 5.46 Å². The fourth-order valence-electron chi connectivity index (χ4n) is 9.59. The van der Waals surface area contributed by atoms with Crippen molar-refractivity contribution in [3.8, 4) is 22.5 Å². The molecule has 1 aliphatic heterocycles. The predicted molar refractivity (Wildman–Crippen MR) is 395 cm³/mol. The number of nitrogens with one attached hydrogen (secondary N) is 2. The fraction of sp³-hybridized carbons (Fsp3) is 0.500. The van der Waals surface area contributed by atoms with Crippen molar-refractivity contribution in [3.63, 3.8) is 0 Å². The van der Waals surface area contributed by atoms with Crippen LogP contribution in [-0.2, 0) is 53.2 Å². The number of rotatable bonds is 24. The molecule has 1 aliphatic rings. The Morgan fingerprint density at radius 1 is 0.577 bits per heavy atom.